The molecule has 0 spiro atoms. The van der Waals surface area contributed by atoms with Crippen LogP contribution in [0, 0.1) is 0 Å². The van der Waals surface area contributed by atoms with Crippen LogP contribution in [0.4, 0.5) is 22.9 Å². The first-order valence-electron chi connectivity index (χ1n) is 20.7. The highest BCUT2D eigenvalue weighted by atomic mass is 16.5. The lowest BCUT2D eigenvalue weighted by Gasteiger charge is -2.20. The quantitative estimate of drug-likeness (QED) is 0.0688. The summed E-state index contributed by atoms with van der Waals surface area (Å²) in [7, 11) is 6.43. The minimum Gasteiger partial charge on any atom is -0.493 e. The fraction of sp³-hybridized carbons (Fsp3) is 0.261. The van der Waals surface area contributed by atoms with Crippen molar-refractivity contribution in [2.75, 3.05) is 42.8 Å². The number of aryl methyl sites for hydroxylation is 3. The summed E-state index contributed by atoms with van der Waals surface area (Å²) in [5, 5.41) is 8.97. The molecular weight excluding hydrogens is 837 g/mol. The number of rotatable bonds is 14. The molecule has 0 unspecified atom stereocenters. The Morgan fingerprint density at radius 2 is 1.60 bits per heavy atom. The van der Waals surface area contributed by atoms with Crippen LogP contribution in [0.15, 0.2) is 90.5 Å². The molecule has 0 radical (unpaired) electrons. The second-order valence-electron chi connectivity index (χ2n) is 15.7. The highest BCUT2D eigenvalue weighted by Gasteiger charge is 2.34. The van der Waals surface area contributed by atoms with Crippen LogP contribution in [-0.2, 0) is 30.7 Å². The predicted octanol–water partition coefficient (Wildman–Crippen LogP) is 5.71. The van der Waals surface area contributed by atoms with E-state index in [0.29, 0.717) is 75.7 Å². The van der Waals surface area contributed by atoms with Crippen LogP contribution < -0.4 is 25.4 Å². The molecular formula is C46H46N10O9. The van der Waals surface area contributed by atoms with Crippen LogP contribution in [0.25, 0.3) is 10.9 Å². The molecule has 2 aliphatic rings. The first-order chi connectivity index (χ1) is 31.2. The number of nitrogens with zero attached hydrogens (tertiary/aromatic N) is 7. The second kappa shape index (κ2) is 17.9. The molecule has 19 nitrogen and oxygen atoms in total. The van der Waals surface area contributed by atoms with Gasteiger partial charge in [-0.2, -0.15) is 0 Å². The fourth-order valence-electron chi connectivity index (χ4n) is 7.83. The largest absolute Gasteiger partial charge is 0.493 e. The van der Waals surface area contributed by atoms with Crippen molar-refractivity contribution < 1.29 is 43.0 Å². The van der Waals surface area contributed by atoms with E-state index in [1.807, 2.05) is 0 Å². The maximum absolute atomic E-state index is 13.6. The summed E-state index contributed by atoms with van der Waals surface area (Å²) in [6, 6.07) is 12.9. The first-order valence-corrected chi connectivity index (χ1v) is 20.7. The molecule has 1 atom stereocenters. The molecule has 334 valence electrons. The van der Waals surface area contributed by atoms with Gasteiger partial charge >= 0.3 is 5.97 Å². The van der Waals surface area contributed by atoms with Crippen molar-refractivity contribution in [1.29, 1.82) is 0 Å². The Labute approximate surface area is 372 Å². The van der Waals surface area contributed by atoms with Crippen molar-refractivity contribution >= 4 is 75.5 Å². The molecule has 3 N–H and O–H groups in total. The lowest BCUT2D eigenvalue weighted by Crippen LogP contribution is -2.35. The first kappa shape index (κ1) is 43.4. The third-order valence-electron chi connectivity index (χ3n) is 11.0. The predicted molar refractivity (Wildman–Crippen MR) is 241 cm³/mol. The summed E-state index contributed by atoms with van der Waals surface area (Å²) in [5.74, 6) is -1.41. The number of carbonyl (C=O) groups excluding carboxylic acids is 6. The van der Waals surface area contributed by atoms with Gasteiger partial charge in [-0.15, -0.1) is 0 Å². The molecule has 0 bridgehead atoms. The molecule has 6 heterocycles. The number of methoxy groups -OCH3 is 1. The van der Waals surface area contributed by atoms with Gasteiger partial charge in [0.2, 0.25) is 11.7 Å². The third-order valence-corrected chi connectivity index (χ3v) is 11.0. The number of anilines is 3. The topological polar surface area (TPSA) is 214 Å². The minimum absolute atomic E-state index is 0.0108. The van der Waals surface area contributed by atoms with Crippen molar-refractivity contribution in [2.24, 2.45) is 26.1 Å². The molecule has 1 saturated heterocycles. The number of esters is 1. The molecule has 4 amide bonds. The zero-order valence-corrected chi connectivity index (χ0v) is 36.3. The van der Waals surface area contributed by atoms with Crippen molar-refractivity contribution in [1.82, 2.24) is 28.2 Å². The van der Waals surface area contributed by atoms with Crippen LogP contribution in [0.3, 0.4) is 0 Å². The number of benzene rings is 2. The standard InChI is InChI=1S/C46H46N10O9/c1-7-64-46(62)28-10-11-34-27(16-28)12-13-55(34)45(61)36-18-30(24-53(36)4)48-42(58)35-17-29(23-52(35)3)49-43(59)41-51-39(25-54(41)5)50-40(57)9-8-14-65-38-20-33-32(19-37(38)63-6)44(60)56-22-26(2)15-31(56)21-47-33/h10-13,16-21,23-25,31H,2,7-9,14-15,22H2,1,3-6H3,(H,48,58)(H,49,59)(H,50,57)/t31-/m0/s1. The Balaban J connectivity index is 0.835. The van der Waals surface area contributed by atoms with Gasteiger partial charge < -0.3 is 48.8 Å². The molecule has 65 heavy (non-hydrogen) atoms. The van der Waals surface area contributed by atoms with Gasteiger partial charge in [-0.05, 0) is 62.2 Å². The van der Waals surface area contributed by atoms with Gasteiger partial charge in [0.25, 0.3) is 23.6 Å². The van der Waals surface area contributed by atoms with E-state index in [4.69, 9.17) is 14.2 Å². The third kappa shape index (κ3) is 8.88. The second-order valence-corrected chi connectivity index (χ2v) is 15.7. The Hall–Kier alpha value is -8.22. The van der Waals surface area contributed by atoms with Gasteiger partial charge in [-0.1, -0.05) is 12.2 Å². The Morgan fingerprint density at radius 3 is 2.35 bits per heavy atom. The van der Waals surface area contributed by atoms with Crippen LogP contribution in [0.5, 0.6) is 11.5 Å². The van der Waals surface area contributed by atoms with E-state index in [1.165, 1.54) is 28.5 Å². The summed E-state index contributed by atoms with van der Waals surface area (Å²) in [6.07, 6.45) is 9.16. The number of amides is 4. The number of hydrogen-bond donors (Lipinski definition) is 3. The maximum atomic E-state index is 13.6. The number of aromatic nitrogens is 5. The summed E-state index contributed by atoms with van der Waals surface area (Å²) in [6.45, 7) is 6.64. The van der Waals surface area contributed by atoms with E-state index >= 15 is 0 Å². The maximum Gasteiger partial charge on any atom is 0.338 e. The van der Waals surface area contributed by atoms with E-state index in [9.17, 15) is 28.8 Å². The Kier molecular flexibility index (Phi) is 11.9. The monoisotopic (exact) mass is 882 g/mol. The van der Waals surface area contributed by atoms with E-state index in [1.54, 1.807) is 109 Å². The van der Waals surface area contributed by atoms with Gasteiger partial charge in [0.15, 0.2) is 17.3 Å². The lowest BCUT2D eigenvalue weighted by atomic mass is 10.1. The molecule has 2 aromatic carbocycles. The lowest BCUT2D eigenvalue weighted by molar-refractivity contribution is -0.116. The summed E-state index contributed by atoms with van der Waals surface area (Å²) < 4.78 is 22.6. The number of carbonyl (C=O) groups is 6. The van der Waals surface area contributed by atoms with Crippen molar-refractivity contribution in [3.63, 3.8) is 0 Å². The van der Waals surface area contributed by atoms with E-state index in [2.05, 4.69) is 32.5 Å². The highest BCUT2D eigenvalue weighted by Crippen LogP contribution is 2.38. The van der Waals surface area contributed by atoms with Crippen LogP contribution in [0.2, 0.25) is 0 Å². The van der Waals surface area contributed by atoms with E-state index in [0.717, 1.165) is 5.57 Å². The molecule has 2 aliphatic heterocycles. The molecule has 0 saturated carbocycles. The van der Waals surface area contributed by atoms with Gasteiger partial charge in [0, 0.05) is 76.6 Å². The van der Waals surface area contributed by atoms with Crippen molar-refractivity contribution in [3.05, 3.63) is 114 Å². The number of aliphatic imine (C=N–C) groups is 1. The van der Waals surface area contributed by atoms with Crippen molar-refractivity contribution in [3.8, 4) is 11.5 Å². The number of fused-ring (bicyclic) bond motifs is 3. The smallest absolute Gasteiger partial charge is 0.338 e. The minimum atomic E-state index is -0.577. The number of ether oxygens (including phenoxy) is 3. The average molecular weight is 883 g/mol. The number of imidazole rings is 1. The molecule has 0 aliphatic carbocycles. The Bertz CT molecular complexity index is 2970. The van der Waals surface area contributed by atoms with Crippen LogP contribution >= 0.6 is 0 Å². The zero-order valence-electron chi connectivity index (χ0n) is 36.3. The summed E-state index contributed by atoms with van der Waals surface area (Å²) in [5.41, 5.74) is 4.05. The van der Waals surface area contributed by atoms with Gasteiger partial charge in [0.05, 0.1) is 60.1 Å². The van der Waals surface area contributed by atoms with Crippen LogP contribution in [0.1, 0.15) is 78.5 Å². The fourth-order valence-corrected chi connectivity index (χ4v) is 7.83. The molecule has 1 fully saturated rings. The number of nitrogens with one attached hydrogen (secondary N) is 3. The van der Waals surface area contributed by atoms with E-state index < -0.39 is 17.8 Å². The Morgan fingerprint density at radius 1 is 0.862 bits per heavy atom. The SMILES string of the molecule is C=C1C[C@H]2C=Nc3cc(OCCCC(=O)Nc4cn(C)c(C(=O)Nc5cc(C(=O)Nc6cc(C(=O)n7ccc8cc(C(=O)OCC)ccc87)n(C)c6)n(C)c5)n4)c(OC)cc3C(=O)N2C1. The zero-order chi connectivity index (χ0) is 46.1. The molecule has 8 rings (SSSR count). The normalized spacial score (nSPS) is 14.2. The number of hydrogen-bond acceptors (Lipinski definition) is 11. The highest BCUT2D eigenvalue weighted by molar-refractivity contribution is 6.08. The summed E-state index contributed by atoms with van der Waals surface area (Å²) in [4.78, 5) is 89.3. The van der Waals surface area contributed by atoms with E-state index in [-0.39, 0.29) is 60.7 Å². The van der Waals surface area contributed by atoms with Crippen molar-refractivity contribution in [2.45, 2.75) is 32.2 Å². The summed E-state index contributed by atoms with van der Waals surface area (Å²) >= 11 is 0. The molecule has 6 aromatic rings. The molecule has 19 heteroatoms. The van der Waals surface area contributed by atoms with Gasteiger partial charge in [-0.25, -0.2) is 9.78 Å². The van der Waals surface area contributed by atoms with Crippen LogP contribution in [-0.4, -0.2) is 103 Å². The average Bonchev–Trinajstić information content (AvgIpc) is 4.11. The van der Waals surface area contributed by atoms with Gasteiger partial charge in [0.1, 0.15) is 11.4 Å². The van der Waals surface area contributed by atoms with Gasteiger partial charge in [-0.3, -0.25) is 33.5 Å². The molecule has 4 aromatic heterocycles.